The number of nitrogens with one attached hydrogen (secondary N) is 1. The number of amides is 1. The van der Waals surface area contributed by atoms with Gasteiger partial charge in [0, 0.05) is 12.6 Å². The van der Waals surface area contributed by atoms with Crippen molar-refractivity contribution in [3.05, 3.63) is 0 Å². The molecule has 0 aromatic carbocycles. The number of hydrogen-bond acceptors (Lipinski definition) is 3. The Morgan fingerprint density at radius 2 is 2.33 bits per heavy atom. The molecule has 0 aliphatic heterocycles. The molecular formula is C11H22N2O2. The van der Waals surface area contributed by atoms with Crippen molar-refractivity contribution < 1.29 is 9.53 Å². The van der Waals surface area contributed by atoms with Gasteiger partial charge in [0.15, 0.2) is 0 Å². The van der Waals surface area contributed by atoms with E-state index in [4.69, 9.17) is 10.5 Å². The molecule has 1 aliphatic rings. The van der Waals surface area contributed by atoms with Crippen LogP contribution in [0.3, 0.4) is 0 Å². The highest BCUT2D eigenvalue weighted by molar-refractivity contribution is 5.74. The van der Waals surface area contributed by atoms with E-state index >= 15 is 0 Å². The summed E-state index contributed by atoms with van der Waals surface area (Å²) in [5, 5.41) is 3.38. The van der Waals surface area contributed by atoms with Gasteiger partial charge >= 0.3 is 0 Å². The molecule has 0 heterocycles. The van der Waals surface area contributed by atoms with Gasteiger partial charge in [0.25, 0.3) is 0 Å². The average Bonchev–Trinajstić information content (AvgIpc) is 2.10. The van der Waals surface area contributed by atoms with Gasteiger partial charge in [-0.2, -0.15) is 0 Å². The SMILES string of the molecule is CC(CC1CCC1)NCCOCC(N)=O. The van der Waals surface area contributed by atoms with Gasteiger partial charge in [0.05, 0.1) is 6.61 Å². The van der Waals surface area contributed by atoms with Crippen LogP contribution in [0.25, 0.3) is 0 Å². The molecule has 0 aromatic heterocycles. The van der Waals surface area contributed by atoms with E-state index in [1.54, 1.807) is 0 Å². The molecule has 3 N–H and O–H groups in total. The topological polar surface area (TPSA) is 64.3 Å². The highest BCUT2D eigenvalue weighted by Gasteiger charge is 2.19. The van der Waals surface area contributed by atoms with Crippen LogP contribution in [0.15, 0.2) is 0 Å². The van der Waals surface area contributed by atoms with Gasteiger partial charge in [0.2, 0.25) is 5.91 Å². The minimum Gasteiger partial charge on any atom is -0.370 e. The van der Waals surface area contributed by atoms with Crippen LogP contribution in [0.5, 0.6) is 0 Å². The molecule has 15 heavy (non-hydrogen) atoms. The van der Waals surface area contributed by atoms with Crippen molar-refractivity contribution in [3.63, 3.8) is 0 Å². The first-order valence-electron chi connectivity index (χ1n) is 5.78. The highest BCUT2D eigenvalue weighted by Crippen LogP contribution is 2.30. The Morgan fingerprint density at radius 1 is 1.60 bits per heavy atom. The molecule has 0 saturated heterocycles. The summed E-state index contributed by atoms with van der Waals surface area (Å²) in [5.41, 5.74) is 4.94. The summed E-state index contributed by atoms with van der Waals surface area (Å²) in [6, 6.07) is 0.549. The Kier molecular flexibility index (Phi) is 5.65. The summed E-state index contributed by atoms with van der Waals surface area (Å²) in [6.07, 6.45) is 5.45. The number of carbonyl (C=O) groups is 1. The minimum atomic E-state index is -0.405. The molecule has 1 saturated carbocycles. The molecule has 0 bridgehead atoms. The summed E-state index contributed by atoms with van der Waals surface area (Å²) in [4.78, 5) is 10.4. The van der Waals surface area contributed by atoms with Gasteiger partial charge in [-0.3, -0.25) is 4.79 Å². The van der Waals surface area contributed by atoms with Crippen LogP contribution in [0.1, 0.15) is 32.6 Å². The molecule has 1 fully saturated rings. The van der Waals surface area contributed by atoms with Gasteiger partial charge in [-0.1, -0.05) is 19.3 Å². The van der Waals surface area contributed by atoms with Crippen LogP contribution < -0.4 is 11.1 Å². The third kappa shape index (κ3) is 5.74. The fourth-order valence-electron chi connectivity index (χ4n) is 1.86. The van der Waals surface area contributed by atoms with E-state index in [0.29, 0.717) is 12.6 Å². The number of rotatable bonds is 8. The van der Waals surface area contributed by atoms with E-state index in [1.165, 1.54) is 25.7 Å². The van der Waals surface area contributed by atoms with E-state index in [0.717, 1.165) is 12.5 Å². The van der Waals surface area contributed by atoms with E-state index < -0.39 is 5.91 Å². The first-order chi connectivity index (χ1) is 7.18. The van der Waals surface area contributed by atoms with Crippen molar-refractivity contribution >= 4 is 5.91 Å². The number of carbonyl (C=O) groups excluding carboxylic acids is 1. The van der Waals surface area contributed by atoms with Crippen molar-refractivity contribution in [3.8, 4) is 0 Å². The number of primary amides is 1. The predicted molar refractivity (Wildman–Crippen MR) is 59.4 cm³/mol. The van der Waals surface area contributed by atoms with Crippen LogP contribution in [0, 0.1) is 5.92 Å². The average molecular weight is 214 g/mol. The maximum Gasteiger partial charge on any atom is 0.243 e. The molecule has 1 aliphatic carbocycles. The highest BCUT2D eigenvalue weighted by atomic mass is 16.5. The number of ether oxygens (including phenoxy) is 1. The van der Waals surface area contributed by atoms with Gasteiger partial charge in [0.1, 0.15) is 6.61 Å². The molecule has 1 amide bonds. The second kappa shape index (κ2) is 6.80. The van der Waals surface area contributed by atoms with Gasteiger partial charge in [-0.15, -0.1) is 0 Å². The van der Waals surface area contributed by atoms with E-state index in [-0.39, 0.29) is 6.61 Å². The van der Waals surface area contributed by atoms with E-state index in [2.05, 4.69) is 12.2 Å². The molecule has 0 spiro atoms. The maximum absolute atomic E-state index is 10.4. The molecule has 4 heteroatoms. The fraction of sp³-hybridized carbons (Fsp3) is 0.909. The van der Waals surface area contributed by atoms with Crippen molar-refractivity contribution in [2.75, 3.05) is 19.8 Å². The normalized spacial score (nSPS) is 18.5. The van der Waals surface area contributed by atoms with Gasteiger partial charge < -0.3 is 15.8 Å². The molecule has 0 aromatic rings. The fourth-order valence-corrected chi connectivity index (χ4v) is 1.86. The zero-order chi connectivity index (χ0) is 11.1. The minimum absolute atomic E-state index is 0.0265. The van der Waals surface area contributed by atoms with Crippen molar-refractivity contribution in [2.45, 2.75) is 38.6 Å². The van der Waals surface area contributed by atoms with Crippen LogP contribution in [0.2, 0.25) is 0 Å². The Balaban J connectivity index is 1.87. The Bertz CT molecular complexity index is 193. The summed E-state index contributed by atoms with van der Waals surface area (Å²) in [5.74, 6) is 0.525. The molecule has 0 radical (unpaired) electrons. The zero-order valence-electron chi connectivity index (χ0n) is 9.50. The molecule has 88 valence electrons. The zero-order valence-corrected chi connectivity index (χ0v) is 9.50. The lowest BCUT2D eigenvalue weighted by Crippen LogP contribution is -2.33. The lowest BCUT2D eigenvalue weighted by Gasteiger charge is -2.28. The van der Waals surface area contributed by atoms with Gasteiger partial charge in [-0.05, 0) is 19.3 Å². The van der Waals surface area contributed by atoms with Crippen LogP contribution in [-0.4, -0.2) is 31.7 Å². The Morgan fingerprint density at radius 3 is 2.87 bits per heavy atom. The van der Waals surface area contributed by atoms with Crippen LogP contribution in [0.4, 0.5) is 0 Å². The standard InChI is InChI=1S/C11H22N2O2/c1-9(7-10-3-2-4-10)13-5-6-15-8-11(12)14/h9-10,13H,2-8H2,1H3,(H2,12,14). The largest absolute Gasteiger partial charge is 0.370 e. The Hall–Kier alpha value is -0.610. The quantitative estimate of drug-likeness (QED) is 0.583. The van der Waals surface area contributed by atoms with Crippen molar-refractivity contribution in [1.29, 1.82) is 0 Å². The smallest absolute Gasteiger partial charge is 0.243 e. The third-order valence-electron chi connectivity index (χ3n) is 2.90. The van der Waals surface area contributed by atoms with E-state index in [9.17, 15) is 4.79 Å². The first kappa shape index (κ1) is 12.5. The molecule has 1 unspecified atom stereocenters. The molecule has 4 nitrogen and oxygen atoms in total. The summed E-state index contributed by atoms with van der Waals surface area (Å²) >= 11 is 0. The molecule has 1 atom stereocenters. The second-order valence-corrected chi connectivity index (χ2v) is 4.41. The van der Waals surface area contributed by atoms with Crippen molar-refractivity contribution in [1.82, 2.24) is 5.32 Å². The summed E-state index contributed by atoms with van der Waals surface area (Å²) < 4.78 is 5.05. The lowest BCUT2D eigenvalue weighted by atomic mass is 9.81. The maximum atomic E-state index is 10.4. The number of nitrogens with two attached hydrogens (primary N) is 1. The first-order valence-corrected chi connectivity index (χ1v) is 5.78. The summed E-state index contributed by atoms with van der Waals surface area (Å²) in [7, 11) is 0. The Labute approximate surface area is 91.5 Å². The number of hydrogen-bond donors (Lipinski definition) is 2. The summed E-state index contributed by atoms with van der Waals surface area (Å²) in [6.45, 7) is 3.57. The van der Waals surface area contributed by atoms with Crippen molar-refractivity contribution in [2.24, 2.45) is 11.7 Å². The van der Waals surface area contributed by atoms with Crippen LogP contribution >= 0.6 is 0 Å². The van der Waals surface area contributed by atoms with Gasteiger partial charge in [-0.25, -0.2) is 0 Å². The third-order valence-corrected chi connectivity index (χ3v) is 2.90. The lowest BCUT2D eigenvalue weighted by molar-refractivity contribution is -0.122. The second-order valence-electron chi connectivity index (χ2n) is 4.41. The monoisotopic (exact) mass is 214 g/mol. The predicted octanol–water partition coefficient (Wildman–Crippen LogP) is 0.657. The molecule has 1 rings (SSSR count). The molecular weight excluding hydrogens is 192 g/mol. The van der Waals surface area contributed by atoms with E-state index in [1.807, 2.05) is 0 Å². The van der Waals surface area contributed by atoms with Crippen LogP contribution in [-0.2, 0) is 9.53 Å².